The SMILES string of the molecule is CC(C)CNC(=O)[C@@H](Cc1ccccc1)N(Cc1ccccc1Cl)C(=O)CCCN(c1cc(Cl)ccc1Cl)S(C)(=O)=O. The number of sulfonamides is 1. The predicted molar refractivity (Wildman–Crippen MR) is 172 cm³/mol. The second kappa shape index (κ2) is 15.6. The monoisotopic (exact) mass is 651 g/mol. The van der Waals surface area contributed by atoms with E-state index >= 15 is 0 Å². The molecule has 0 aliphatic rings. The van der Waals surface area contributed by atoms with E-state index in [1.807, 2.05) is 56.3 Å². The standard InChI is InChI=1S/C31H36Cl3N3O4S/c1-22(2)20-35-31(39)29(18-23-10-5-4-6-11-23)36(21-24-12-7-8-13-26(24)33)30(38)14-9-17-37(42(3,40)41)28-19-25(32)15-16-27(28)34/h4-8,10-13,15-16,19,22,29H,9,14,17-18,20-21H2,1-3H3,(H,35,39)/t29-/m1/s1. The Morgan fingerprint density at radius 2 is 1.57 bits per heavy atom. The van der Waals surface area contributed by atoms with Gasteiger partial charge in [-0.25, -0.2) is 8.42 Å². The van der Waals surface area contributed by atoms with Gasteiger partial charge in [-0.3, -0.25) is 13.9 Å². The normalized spacial score (nSPS) is 12.2. The van der Waals surface area contributed by atoms with Crippen LogP contribution in [0.4, 0.5) is 5.69 Å². The van der Waals surface area contributed by atoms with Gasteiger partial charge in [-0.05, 0) is 47.7 Å². The minimum atomic E-state index is -3.73. The van der Waals surface area contributed by atoms with E-state index in [0.717, 1.165) is 16.1 Å². The molecule has 0 saturated heterocycles. The molecule has 0 radical (unpaired) electrons. The average Bonchev–Trinajstić information content (AvgIpc) is 2.94. The van der Waals surface area contributed by atoms with Gasteiger partial charge in [0.15, 0.2) is 0 Å². The van der Waals surface area contributed by atoms with E-state index < -0.39 is 16.1 Å². The maximum atomic E-state index is 13.9. The van der Waals surface area contributed by atoms with Crippen molar-refractivity contribution in [1.82, 2.24) is 10.2 Å². The average molecular weight is 653 g/mol. The lowest BCUT2D eigenvalue weighted by molar-refractivity contribution is -0.141. The maximum absolute atomic E-state index is 13.9. The topological polar surface area (TPSA) is 86.8 Å². The Bertz CT molecular complexity index is 1470. The molecule has 11 heteroatoms. The van der Waals surface area contributed by atoms with Crippen LogP contribution >= 0.6 is 34.8 Å². The van der Waals surface area contributed by atoms with Gasteiger partial charge in [0.05, 0.1) is 17.0 Å². The number of benzene rings is 3. The van der Waals surface area contributed by atoms with Crippen molar-refractivity contribution in [2.45, 2.75) is 45.7 Å². The van der Waals surface area contributed by atoms with Crippen molar-refractivity contribution in [1.29, 1.82) is 0 Å². The number of nitrogens with zero attached hydrogens (tertiary/aromatic N) is 2. The zero-order valence-electron chi connectivity index (χ0n) is 23.9. The molecule has 0 saturated carbocycles. The van der Waals surface area contributed by atoms with E-state index in [0.29, 0.717) is 28.6 Å². The van der Waals surface area contributed by atoms with Crippen molar-refractivity contribution >= 4 is 62.3 Å². The maximum Gasteiger partial charge on any atom is 0.243 e. The number of anilines is 1. The van der Waals surface area contributed by atoms with Crippen LogP contribution in [0.3, 0.4) is 0 Å². The molecule has 1 atom stereocenters. The lowest BCUT2D eigenvalue weighted by atomic mass is 10.0. The summed E-state index contributed by atoms with van der Waals surface area (Å²) in [6, 6.07) is 20.4. The molecule has 1 N–H and O–H groups in total. The molecule has 0 heterocycles. The minimum absolute atomic E-state index is 0.00648. The predicted octanol–water partition coefficient (Wildman–Crippen LogP) is 6.61. The fraction of sp³-hybridized carbons (Fsp3) is 0.355. The molecule has 7 nitrogen and oxygen atoms in total. The van der Waals surface area contributed by atoms with Crippen LogP contribution in [0.1, 0.15) is 37.8 Å². The van der Waals surface area contributed by atoms with Crippen molar-refractivity contribution in [2.24, 2.45) is 5.92 Å². The van der Waals surface area contributed by atoms with Gasteiger partial charge in [0, 0.05) is 42.5 Å². The molecule has 3 aromatic carbocycles. The van der Waals surface area contributed by atoms with Gasteiger partial charge in [-0.1, -0.05) is 97.2 Å². The summed E-state index contributed by atoms with van der Waals surface area (Å²) in [4.78, 5) is 29.0. The van der Waals surface area contributed by atoms with E-state index in [9.17, 15) is 18.0 Å². The Morgan fingerprint density at radius 1 is 0.905 bits per heavy atom. The van der Waals surface area contributed by atoms with Gasteiger partial charge in [0.2, 0.25) is 21.8 Å². The quantitative estimate of drug-likeness (QED) is 0.213. The van der Waals surface area contributed by atoms with Crippen LogP contribution in [0.15, 0.2) is 72.8 Å². The zero-order chi connectivity index (χ0) is 30.9. The summed E-state index contributed by atoms with van der Waals surface area (Å²) in [5, 5.41) is 4.02. The van der Waals surface area contributed by atoms with E-state index in [1.54, 1.807) is 23.1 Å². The molecule has 3 aromatic rings. The zero-order valence-corrected chi connectivity index (χ0v) is 27.0. The highest BCUT2D eigenvalue weighted by molar-refractivity contribution is 7.92. The molecule has 0 bridgehead atoms. The Hall–Kier alpha value is -2.78. The summed E-state index contributed by atoms with van der Waals surface area (Å²) in [6.45, 7) is 4.56. The van der Waals surface area contributed by atoms with Gasteiger partial charge >= 0.3 is 0 Å². The summed E-state index contributed by atoms with van der Waals surface area (Å²) in [5.41, 5.74) is 1.84. The Kier molecular flexibility index (Phi) is 12.5. The van der Waals surface area contributed by atoms with E-state index in [-0.39, 0.29) is 54.4 Å². The molecule has 2 amide bonds. The lowest BCUT2D eigenvalue weighted by Gasteiger charge is -2.32. The second-order valence-electron chi connectivity index (χ2n) is 10.5. The van der Waals surface area contributed by atoms with Crippen molar-refractivity contribution in [2.75, 3.05) is 23.7 Å². The third kappa shape index (κ3) is 9.90. The lowest BCUT2D eigenvalue weighted by Crippen LogP contribution is -2.51. The molecule has 3 rings (SSSR count). The van der Waals surface area contributed by atoms with Crippen LogP contribution in [-0.4, -0.2) is 50.5 Å². The molecule has 0 fully saturated rings. The molecule has 226 valence electrons. The summed E-state index contributed by atoms with van der Waals surface area (Å²) < 4.78 is 26.5. The highest BCUT2D eigenvalue weighted by Gasteiger charge is 2.31. The van der Waals surface area contributed by atoms with Crippen LogP contribution in [0.5, 0.6) is 0 Å². The van der Waals surface area contributed by atoms with Crippen LogP contribution in [0.2, 0.25) is 15.1 Å². The molecule has 0 spiro atoms. The van der Waals surface area contributed by atoms with E-state index in [4.69, 9.17) is 34.8 Å². The fourth-order valence-corrected chi connectivity index (χ4v) is 6.05. The number of hydrogen-bond donors (Lipinski definition) is 1. The van der Waals surface area contributed by atoms with Crippen LogP contribution in [-0.2, 0) is 32.6 Å². The highest BCUT2D eigenvalue weighted by Crippen LogP contribution is 2.31. The summed E-state index contributed by atoms with van der Waals surface area (Å²) in [7, 11) is -3.73. The smallest absolute Gasteiger partial charge is 0.243 e. The number of carbonyl (C=O) groups is 2. The van der Waals surface area contributed by atoms with Gasteiger partial charge in [-0.2, -0.15) is 0 Å². The molecule has 0 aromatic heterocycles. The van der Waals surface area contributed by atoms with Crippen LogP contribution in [0.25, 0.3) is 0 Å². The number of hydrogen-bond acceptors (Lipinski definition) is 4. The van der Waals surface area contributed by atoms with Crippen molar-refractivity contribution in [3.63, 3.8) is 0 Å². The number of rotatable bonds is 14. The van der Waals surface area contributed by atoms with Crippen molar-refractivity contribution in [3.05, 3.63) is 99.0 Å². The fourth-order valence-electron chi connectivity index (χ4n) is 4.45. The third-order valence-corrected chi connectivity index (χ3v) is 8.69. The summed E-state index contributed by atoms with van der Waals surface area (Å²) >= 11 is 18.9. The van der Waals surface area contributed by atoms with Gasteiger partial charge in [0.25, 0.3) is 0 Å². The number of halogens is 3. The third-order valence-electron chi connectivity index (χ3n) is 6.58. The molecular formula is C31H36Cl3N3O4S. The number of amides is 2. The Morgan fingerprint density at radius 3 is 2.21 bits per heavy atom. The number of carbonyl (C=O) groups excluding carboxylic acids is 2. The first-order valence-corrected chi connectivity index (χ1v) is 16.6. The Labute approximate surface area is 263 Å². The first-order chi connectivity index (χ1) is 19.9. The van der Waals surface area contributed by atoms with Crippen LogP contribution < -0.4 is 9.62 Å². The second-order valence-corrected chi connectivity index (χ2v) is 13.6. The van der Waals surface area contributed by atoms with Crippen molar-refractivity contribution in [3.8, 4) is 0 Å². The first-order valence-electron chi connectivity index (χ1n) is 13.6. The highest BCUT2D eigenvalue weighted by atomic mass is 35.5. The van der Waals surface area contributed by atoms with Gasteiger partial charge < -0.3 is 10.2 Å². The number of nitrogens with one attached hydrogen (secondary N) is 1. The molecule has 0 aliphatic carbocycles. The van der Waals surface area contributed by atoms with Crippen LogP contribution in [0, 0.1) is 5.92 Å². The molecule has 0 aliphatic heterocycles. The summed E-state index contributed by atoms with van der Waals surface area (Å²) in [6.07, 6.45) is 1.54. The molecule has 42 heavy (non-hydrogen) atoms. The van der Waals surface area contributed by atoms with E-state index in [1.165, 1.54) is 12.1 Å². The molecular weight excluding hydrogens is 617 g/mol. The van der Waals surface area contributed by atoms with E-state index in [2.05, 4.69) is 5.32 Å². The summed E-state index contributed by atoms with van der Waals surface area (Å²) in [5.74, 6) is -0.350. The molecule has 0 unspecified atom stereocenters. The van der Waals surface area contributed by atoms with Gasteiger partial charge in [0.1, 0.15) is 6.04 Å². The first kappa shape index (κ1) is 33.7. The van der Waals surface area contributed by atoms with Gasteiger partial charge in [-0.15, -0.1) is 0 Å². The van der Waals surface area contributed by atoms with Crippen molar-refractivity contribution < 1.29 is 18.0 Å². The largest absolute Gasteiger partial charge is 0.354 e. The Balaban J connectivity index is 1.91. The minimum Gasteiger partial charge on any atom is -0.354 e.